The molecule has 1 amide bonds. The first-order chi connectivity index (χ1) is 13.2. The zero-order valence-corrected chi connectivity index (χ0v) is 16.7. The summed E-state index contributed by atoms with van der Waals surface area (Å²) in [5.41, 5.74) is 6.31. The zero-order chi connectivity index (χ0) is 18.5. The summed E-state index contributed by atoms with van der Waals surface area (Å²) in [7, 11) is 2.14. The lowest BCUT2D eigenvalue weighted by molar-refractivity contribution is -0.127. The molecule has 0 spiro atoms. The van der Waals surface area contributed by atoms with Gasteiger partial charge in [0.25, 0.3) is 5.91 Å². The molecule has 1 atom stereocenters. The summed E-state index contributed by atoms with van der Waals surface area (Å²) < 4.78 is 2.28. The van der Waals surface area contributed by atoms with Gasteiger partial charge in [0.1, 0.15) is 0 Å². The Kier molecular flexibility index (Phi) is 3.97. The summed E-state index contributed by atoms with van der Waals surface area (Å²) in [5, 5.41) is 3.38. The van der Waals surface area contributed by atoms with Crippen molar-refractivity contribution in [3.8, 4) is 0 Å². The molecule has 1 unspecified atom stereocenters. The first-order valence-electron chi connectivity index (χ1n) is 9.76. The molecule has 0 N–H and O–H groups in total. The van der Waals surface area contributed by atoms with Crippen LogP contribution in [0.1, 0.15) is 47.9 Å². The van der Waals surface area contributed by atoms with Crippen molar-refractivity contribution in [3.05, 3.63) is 69.1 Å². The molecule has 2 aliphatic rings. The number of amides is 1. The Morgan fingerprint density at radius 1 is 1.11 bits per heavy atom. The lowest BCUT2D eigenvalue weighted by Gasteiger charge is -2.28. The average molecular weight is 377 g/mol. The third-order valence-electron chi connectivity index (χ3n) is 6.30. The molecule has 5 rings (SSSR count). The molecule has 3 aromatic rings. The van der Waals surface area contributed by atoms with Crippen LogP contribution in [0.2, 0.25) is 0 Å². The van der Waals surface area contributed by atoms with Gasteiger partial charge in [-0.25, -0.2) is 0 Å². The molecular formula is C23H24N2OS. The number of carbonyl (C=O) groups excluding carboxylic acids is 1. The van der Waals surface area contributed by atoms with E-state index in [9.17, 15) is 4.79 Å². The molecule has 3 nitrogen and oxygen atoms in total. The maximum Gasteiger partial charge on any atom is 0.250 e. The largest absolute Gasteiger partial charge is 0.348 e. The smallest absolute Gasteiger partial charge is 0.250 e. The van der Waals surface area contributed by atoms with Gasteiger partial charge < -0.3 is 9.47 Å². The minimum Gasteiger partial charge on any atom is -0.348 e. The molecule has 0 radical (unpaired) electrons. The molecule has 0 saturated heterocycles. The predicted octanol–water partition coefficient (Wildman–Crippen LogP) is 5.50. The Labute approximate surface area is 163 Å². The van der Waals surface area contributed by atoms with Crippen LogP contribution < -0.4 is 0 Å². The third-order valence-corrected chi connectivity index (χ3v) is 7.16. The van der Waals surface area contributed by atoms with Crippen molar-refractivity contribution < 1.29 is 4.79 Å². The molecule has 2 aromatic heterocycles. The van der Waals surface area contributed by atoms with Gasteiger partial charge in [-0.2, -0.15) is 0 Å². The minimum atomic E-state index is 0.0843. The van der Waals surface area contributed by atoms with Crippen LogP contribution in [-0.2, 0) is 18.4 Å². The van der Waals surface area contributed by atoms with E-state index in [-0.39, 0.29) is 11.9 Å². The fraction of sp³-hybridized carbons (Fsp3) is 0.348. The average Bonchev–Trinajstić information content (AvgIpc) is 3.36. The van der Waals surface area contributed by atoms with Crippen LogP contribution in [0.15, 0.2) is 52.9 Å². The summed E-state index contributed by atoms with van der Waals surface area (Å²) >= 11 is 1.74. The lowest BCUT2D eigenvalue weighted by Crippen LogP contribution is -2.29. The van der Waals surface area contributed by atoms with Crippen molar-refractivity contribution in [3.63, 3.8) is 0 Å². The summed E-state index contributed by atoms with van der Waals surface area (Å²) in [6.45, 7) is 2.90. The van der Waals surface area contributed by atoms with Gasteiger partial charge in [0.2, 0.25) is 0 Å². The monoisotopic (exact) mass is 376 g/mol. The Hall–Kier alpha value is -2.33. The first kappa shape index (κ1) is 16.8. The van der Waals surface area contributed by atoms with E-state index in [2.05, 4.69) is 65.2 Å². The SMILES string of the molecule is Cc1c(C2C3=C(CCCC3)C(=O)N2Cc2cccs2)c2ccccc2n1C. The van der Waals surface area contributed by atoms with Crippen LogP contribution in [0.25, 0.3) is 10.9 Å². The van der Waals surface area contributed by atoms with Crippen LogP contribution in [0.3, 0.4) is 0 Å². The summed E-state index contributed by atoms with van der Waals surface area (Å²) in [5.74, 6) is 0.260. The molecular weight excluding hydrogens is 352 g/mol. The highest BCUT2D eigenvalue weighted by atomic mass is 32.1. The molecule has 4 heteroatoms. The Morgan fingerprint density at radius 2 is 1.93 bits per heavy atom. The van der Waals surface area contributed by atoms with Gasteiger partial charge in [-0.1, -0.05) is 24.3 Å². The highest BCUT2D eigenvalue weighted by Crippen LogP contribution is 2.48. The van der Waals surface area contributed by atoms with Crippen LogP contribution >= 0.6 is 11.3 Å². The molecule has 0 fully saturated rings. The maximum atomic E-state index is 13.4. The van der Waals surface area contributed by atoms with E-state index >= 15 is 0 Å². The molecule has 0 bridgehead atoms. The van der Waals surface area contributed by atoms with Crippen molar-refractivity contribution in [2.24, 2.45) is 7.05 Å². The highest BCUT2D eigenvalue weighted by Gasteiger charge is 2.42. The number of para-hydroxylation sites is 1. The van der Waals surface area contributed by atoms with E-state index in [0.29, 0.717) is 6.54 Å². The van der Waals surface area contributed by atoms with Gasteiger partial charge in [0.05, 0.1) is 12.6 Å². The quantitative estimate of drug-likeness (QED) is 0.592. The number of aryl methyl sites for hydroxylation is 1. The second-order valence-electron chi connectivity index (χ2n) is 7.70. The fourth-order valence-corrected chi connectivity index (χ4v) is 5.61. The molecule has 1 aromatic carbocycles. The molecule has 0 saturated carbocycles. The van der Waals surface area contributed by atoms with Crippen LogP contribution in [0, 0.1) is 6.92 Å². The van der Waals surface area contributed by atoms with Gasteiger partial charge in [-0.05, 0) is 55.7 Å². The second-order valence-corrected chi connectivity index (χ2v) is 8.73. The Bertz CT molecular complexity index is 1060. The lowest BCUT2D eigenvalue weighted by atomic mass is 9.87. The number of nitrogens with zero attached hydrogens (tertiary/aromatic N) is 2. The standard InChI is InChI=1S/C23H24N2OS/c1-15-21(19-11-5-6-12-20(19)24(15)2)22-17-9-3-4-10-18(17)23(26)25(22)14-16-8-7-13-27-16/h5-8,11-13,22H,3-4,9-10,14H2,1-2H3. The predicted molar refractivity (Wildman–Crippen MR) is 111 cm³/mol. The third kappa shape index (κ3) is 2.50. The molecule has 3 heterocycles. The Balaban J connectivity index is 1.70. The Morgan fingerprint density at radius 3 is 2.74 bits per heavy atom. The van der Waals surface area contributed by atoms with Gasteiger partial charge in [0.15, 0.2) is 0 Å². The van der Waals surface area contributed by atoms with E-state index < -0.39 is 0 Å². The maximum absolute atomic E-state index is 13.4. The van der Waals surface area contributed by atoms with Gasteiger partial charge in [0, 0.05) is 39.7 Å². The van der Waals surface area contributed by atoms with Gasteiger partial charge in [-0.15, -0.1) is 11.3 Å². The van der Waals surface area contributed by atoms with Crippen molar-refractivity contribution >= 4 is 28.1 Å². The normalized spacial score (nSPS) is 20.0. The minimum absolute atomic E-state index is 0.0843. The number of fused-ring (bicyclic) bond motifs is 1. The molecule has 1 aliphatic carbocycles. The van der Waals surface area contributed by atoms with Gasteiger partial charge >= 0.3 is 0 Å². The number of hydrogen-bond donors (Lipinski definition) is 0. The topological polar surface area (TPSA) is 25.2 Å². The number of carbonyl (C=O) groups is 1. The van der Waals surface area contributed by atoms with E-state index in [4.69, 9.17) is 0 Å². The molecule has 138 valence electrons. The van der Waals surface area contributed by atoms with Crippen molar-refractivity contribution in [2.45, 2.75) is 45.2 Å². The fourth-order valence-electron chi connectivity index (χ4n) is 4.91. The first-order valence-corrected chi connectivity index (χ1v) is 10.6. The zero-order valence-electron chi connectivity index (χ0n) is 15.9. The number of rotatable bonds is 3. The van der Waals surface area contributed by atoms with E-state index in [1.54, 1.807) is 11.3 Å². The van der Waals surface area contributed by atoms with Crippen molar-refractivity contribution in [2.75, 3.05) is 0 Å². The number of thiophene rings is 1. The molecule has 27 heavy (non-hydrogen) atoms. The van der Waals surface area contributed by atoms with Crippen LogP contribution in [0.5, 0.6) is 0 Å². The van der Waals surface area contributed by atoms with E-state index in [1.165, 1.54) is 39.0 Å². The van der Waals surface area contributed by atoms with E-state index in [1.807, 2.05) is 0 Å². The summed E-state index contributed by atoms with van der Waals surface area (Å²) in [4.78, 5) is 16.8. The van der Waals surface area contributed by atoms with E-state index in [0.717, 1.165) is 24.8 Å². The second kappa shape index (κ2) is 6.38. The van der Waals surface area contributed by atoms with Crippen molar-refractivity contribution in [1.82, 2.24) is 9.47 Å². The number of hydrogen-bond acceptors (Lipinski definition) is 2. The number of aromatic nitrogens is 1. The number of benzene rings is 1. The van der Waals surface area contributed by atoms with Crippen LogP contribution in [0.4, 0.5) is 0 Å². The summed E-state index contributed by atoms with van der Waals surface area (Å²) in [6, 6.07) is 12.9. The van der Waals surface area contributed by atoms with Gasteiger partial charge in [-0.3, -0.25) is 4.79 Å². The highest BCUT2D eigenvalue weighted by molar-refractivity contribution is 7.09. The molecule has 1 aliphatic heterocycles. The van der Waals surface area contributed by atoms with Crippen LogP contribution in [-0.4, -0.2) is 15.4 Å². The van der Waals surface area contributed by atoms with Crippen molar-refractivity contribution in [1.29, 1.82) is 0 Å². The summed E-state index contributed by atoms with van der Waals surface area (Å²) in [6.07, 6.45) is 4.32.